The molecule has 2 heteroatoms. The first kappa shape index (κ1) is 5.17. The molecule has 0 atom stereocenters. The van der Waals surface area contributed by atoms with Gasteiger partial charge >= 0.3 is 5.97 Å². The van der Waals surface area contributed by atoms with Crippen molar-refractivity contribution >= 4 is 5.97 Å². The molecule has 1 rings (SSSR count). The molecule has 0 saturated heterocycles. The van der Waals surface area contributed by atoms with E-state index in [2.05, 4.69) is 4.74 Å². The van der Waals surface area contributed by atoms with Gasteiger partial charge in [0, 0.05) is 0 Å². The maximum absolute atomic E-state index is 10.4. The van der Waals surface area contributed by atoms with Crippen molar-refractivity contribution in [2.24, 2.45) is 5.92 Å². The SMILES string of the molecule is C#COC(=O)C1CC1. The standard InChI is InChI=1S/C6H6O2/c1-2-8-6(7)5-3-4-5/h1,5H,3-4H2. The first-order chi connectivity index (χ1) is 3.84. The van der Waals surface area contributed by atoms with Crippen molar-refractivity contribution in [3.8, 4) is 12.5 Å². The molecule has 0 radical (unpaired) electrons. The quantitative estimate of drug-likeness (QED) is 0.363. The average molecular weight is 110 g/mol. The number of esters is 1. The largest absolute Gasteiger partial charge is 0.372 e. The van der Waals surface area contributed by atoms with Crippen LogP contribution in [0.5, 0.6) is 0 Å². The lowest BCUT2D eigenvalue weighted by Gasteiger charge is -1.87. The summed E-state index contributed by atoms with van der Waals surface area (Å²) in [5, 5.41) is 0. The summed E-state index contributed by atoms with van der Waals surface area (Å²) < 4.78 is 4.25. The second kappa shape index (κ2) is 1.87. The Balaban J connectivity index is 2.26. The number of carbonyl (C=O) groups is 1. The van der Waals surface area contributed by atoms with Crippen LogP contribution in [0, 0.1) is 18.4 Å². The third-order valence-corrected chi connectivity index (χ3v) is 1.07. The number of hydrogen-bond acceptors (Lipinski definition) is 2. The maximum atomic E-state index is 10.4. The van der Waals surface area contributed by atoms with Crippen molar-refractivity contribution < 1.29 is 9.53 Å². The van der Waals surface area contributed by atoms with Gasteiger partial charge in [0.15, 0.2) is 0 Å². The van der Waals surface area contributed by atoms with Gasteiger partial charge in [-0.05, 0) is 12.8 Å². The molecule has 42 valence electrons. The first-order valence-corrected chi connectivity index (χ1v) is 2.51. The van der Waals surface area contributed by atoms with Gasteiger partial charge in [0.2, 0.25) is 0 Å². The van der Waals surface area contributed by atoms with E-state index >= 15 is 0 Å². The van der Waals surface area contributed by atoms with Gasteiger partial charge < -0.3 is 4.74 Å². The predicted molar refractivity (Wildman–Crippen MR) is 27.6 cm³/mol. The summed E-state index contributed by atoms with van der Waals surface area (Å²) in [5.41, 5.74) is 0. The molecule has 1 aliphatic carbocycles. The fourth-order valence-electron chi connectivity index (χ4n) is 0.460. The van der Waals surface area contributed by atoms with Crippen molar-refractivity contribution in [2.45, 2.75) is 12.8 Å². The van der Waals surface area contributed by atoms with Gasteiger partial charge in [-0.3, -0.25) is 4.79 Å². The summed E-state index contributed by atoms with van der Waals surface area (Å²) in [7, 11) is 0. The molecule has 0 aromatic heterocycles. The van der Waals surface area contributed by atoms with Gasteiger partial charge in [0.25, 0.3) is 0 Å². The van der Waals surface area contributed by atoms with Crippen molar-refractivity contribution in [3.05, 3.63) is 0 Å². The summed E-state index contributed by atoms with van der Waals surface area (Å²) in [6, 6.07) is 0. The van der Waals surface area contributed by atoms with Crippen LogP contribution in [-0.2, 0) is 9.53 Å². The Bertz CT molecular complexity index is 139. The minimum Gasteiger partial charge on any atom is -0.372 e. The van der Waals surface area contributed by atoms with Crippen molar-refractivity contribution in [1.29, 1.82) is 0 Å². The Morgan fingerprint density at radius 1 is 1.75 bits per heavy atom. The summed E-state index contributed by atoms with van der Waals surface area (Å²) in [6.45, 7) is 0. The second-order valence-electron chi connectivity index (χ2n) is 1.81. The molecular weight excluding hydrogens is 104 g/mol. The Morgan fingerprint density at radius 2 is 2.38 bits per heavy atom. The molecule has 8 heavy (non-hydrogen) atoms. The fraction of sp³-hybridized carbons (Fsp3) is 0.500. The minimum absolute atomic E-state index is 0.117. The summed E-state index contributed by atoms with van der Waals surface area (Å²) >= 11 is 0. The molecule has 0 spiro atoms. The normalized spacial score (nSPS) is 16.9. The number of ether oxygens (including phenoxy) is 1. The van der Waals surface area contributed by atoms with Gasteiger partial charge in [-0.1, -0.05) is 6.42 Å². The van der Waals surface area contributed by atoms with E-state index in [1.807, 2.05) is 6.11 Å². The lowest BCUT2D eigenvalue weighted by atomic mass is 10.4. The van der Waals surface area contributed by atoms with E-state index in [0.29, 0.717) is 0 Å². The van der Waals surface area contributed by atoms with Crippen molar-refractivity contribution in [3.63, 3.8) is 0 Å². The smallest absolute Gasteiger partial charge is 0.322 e. The van der Waals surface area contributed by atoms with Gasteiger partial charge in [-0.15, -0.1) is 0 Å². The van der Waals surface area contributed by atoms with Crippen LogP contribution in [0.4, 0.5) is 0 Å². The Kier molecular flexibility index (Phi) is 1.21. The van der Waals surface area contributed by atoms with Crippen LogP contribution in [0.15, 0.2) is 0 Å². The van der Waals surface area contributed by atoms with Gasteiger partial charge in [0.1, 0.15) is 6.11 Å². The lowest BCUT2D eigenvalue weighted by Crippen LogP contribution is -2.00. The van der Waals surface area contributed by atoms with E-state index in [0.717, 1.165) is 12.8 Å². The monoisotopic (exact) mass is 110 g/mol. The molecule has 0 amide bonds. The zero-order chi connectivity index (χ0) is 5.98. The fourth-order valence-corrected chi connectivity index (χ4v) is 0.460. The highest BCUT2D eigenvalue weighted by Gasteiger charge is 2.30. The highest BCUT2D eigenvalue weighted by molar-refractivity contribution is 5.75. The number of rotatable bonds is 1. The molecule has 2 nitrogen and oxygen atoms in total. The number of hydrogen-bond donors (Lipinski definition) is 0. The Labute approximate surface area is 47.8 Å². The third-order valence-electron chi connectivity index (χ3n) is 1.07. The average Bonchev–Trinajstić information content (AvgIpc) is 2.45. The summed E-state index contributed by atoms with van der Waals surface area (Å²) in [4.78, 5) is 10.4. The lowest BCUT2D eigenvalue weighted by molar-refractivity contribution is -0.138. The molecule has 0 aromatic carbocycles. The molecule has 1 aliphatic rings. The van der Waals surface area contributed by atoms with E-state index in [4.69, 9.17) is 6.42 Å². The highest BCUT2D eigenvalue weighted by Crippen LogP contribution is 2.29. The van der Waals surface area contributed by atoms with Crippen molar-refractivity contribution in [2.75, 3.05) is 0 Å². The van der Waals surface area contributed by atoms with Crippen LogP contribution in [0.3, 0.4) is 0 Å². The van der Waals surface area contributed by atoms with E-state index in [9.17, 15) is 4.79 Å². The maximum Gasteiger partial charge on any atom is 0.322 e. The van der Waals surface area contributed by atoms with Gasteiger partial charge in [-0.2, -0.15) is 0 Å². The molecule has 0 aliphatic heterocycles. The van der Waals surface area contributed by atoms with E-state index < -0.39 is 0 Å². The molecule has 1 saturated carbocycles. The van der Waals surface area contributed by atoms with E-state index in [-0.39, 0.29) is 11.9 Å². The predicted octanol–water partition coefficient (Wildman–Crippen LogP) is 0.530. The Morgan fingerprint density at radius 3 is 2.75 bits per heavy atom. The topological polar surface area (TPSA) is 26.3 Å². The third kappa shape index (κ3) is 1.00. The van der Waals surface area contributed by atoms with Crippen LogP contribution in [-0.4, -0.2) is 5.97 Å². The molecule has 0 aromatic rings. The molecule has 0 unspecified atom stereocenters. The van der Waals surface area contributed by atoms with E-state index in [1.54, 1.807) is 0 Å². The molecule has 0 bridgehead atoms. The van der Waals surface area contributed by atoms with Crippen LogP contribution in [0.1, 0.15) is 12.8 Å². The summed E-state index contributed by atoms with van der Waals surface area (Å²) in [6.07, 6.45) is 8.43. The van der Waals surface area contributed by atoms with Crippen LogP contribution in [0.2, 0.25) is 0 Å². The van der Waals surface area contributed by atoms with Gasteiger partial charge in [0.05, 0.1) is 5.92 Å². The zero-order valence-electron chi connectivity index (χ0n) is 4.39. The van der Waals surface area contributed by atoms with E-state index in [1.165, 1.54) is 0 Å². The Hall–Kier alpha value is -0.970. The molecule has 1 fully saturated rings. The van der Waals surface area contributed by atoms with Crippen LogP contribution in [0.25, 0.3) is 0 Å². The van der Waals surface area contributed by atoms with Crippen LogP contribution >= 0.6 is 0 Å². The number of terminal acetylenes is 1. The number of carbonyl (C=O) groups excluding carboxylic acids is 1. The van der Waals surface area contributed by atoms with Crippen molar-refractivity contribution in [1.82, 2.24) is 0 Å². The molecule has 0 heterocycles. The highest BCUT2D eigenvalue weighted by atomic mass is 16.5. The first-order valence-electron chi connectivity index (χ1n) is 2.51. The van der Waals surface area contributed by atoms with Gasteiger partial charge in [-0.25, -0.2) is 0 Å². The zero-order valence-corrected chi connectivity index (χ0v) is 4.39. The minimum atomic E-state index is -0.243. The molecular formula is C6H6O2. The summed E-state index contributed by atoms with van der Waals surface area (Å²) in [5.74, 6) is -0.126. The second-order valence-corrected chi connectivity index (χ2v) is 1.81. The molecule has 0 N–H and O–H groups in total. The van der Waals surface area contributed by atoms with Crippen LogP contribution < -0.4 is 0 Å².